The Balaban J connectivity index is 1.55. The Morgan fingerprint density at radius 2 is 1.96 bits per heavy atom. The number of nitrogens with one attached hydrogen (secondary N) is 2. The zero-order valence-corrected chi connectivity index (χ0v) is 14.6. The van der Waals surface area contributed by atoms with Crippen LogP contribution in [0, 0.1) is 5.41 Å². The van der Waals surface area contributed by atoms with E-state index in [1.54, 1.807) is 0 Å². The lowest BCUT2D eigenvalue weighted by Gasteiger charge is -2.35. The molecule has 1 aromatic heterocycles. The maximum Gasteiger partial charge on any atom is 0.274 e. The fourth-order valence-corrected chi connectivity index (χ4v) is 3.22. The van der Waals surface area contributed by atoms with Gasteiger partial charge in [0.05, 0.1) is 0 Å². The van der Waals surface area contributed by atoms with Crippen LogP contribution >= 0.6 is 0 Å². The summed E-state index contributed by atoms with van der Waals surface area (Å²) in [4.78, 5) is 17.2. The molecule has 128 valence electrons. The van der Waals surface area contributed by atoms with Gasteiger partial charge in [-0.05, 0) is 18.4 Å². The minimum atomic E-state index is 0.0849. The van der Waals surface area contributed by atoms with Crippen molar-refractivity contribution in [1.82, 2.24) is 25.3 Å². The summed E-state index contributed by atoms with van der Waals surface area (Å²) < 4.78 is 0. The minimum Gasteiger partial charge on any atom is -0.335 e. The molecule has 0 radical (unpaired) electrons. The van der Waals surface area contributed by atoms with Crippen LogP contribution in [0.1, 0.15) is 48.9 Å². The third kappa shape index (κ3) is 3.93. The fourth-order valence-electron chi connectivity index (χ4n) is 3.22. The summed E-state index contributed by atoms with van der Waals surface area (Å²) in [5.74, 6) is 0.0849. The lowest BCUT2D eigenvalue weighted by molar-refractivity contribution is 0.0616. The van der Waals surface area contributed by atoms with Gasteiger partial charge in [0.2, 0.25) is 0 Å². The second-order valence-corrected chi connectivity index (χ2v) is 7.90. The van der Waals surface area contributed by atoms with Crippen LogP contribution in [-0.2, 0) is 13.0 Å². The average molecular weight is 319 g/mol. The summed E-state index contributed by atoms with van der Waals surface area (Å²) in [5, 5.41) is 10.7. The molecule has 6 nitrogen and oxygen atoms in total. The molecular weight excluding hydrogens is 290 g/mol. The van der Waals surface area contributed by atoms with Gasteiger partial charge < -0.3 is 10.2 Å². The van der Waals surface area contributed by atoms with Crippen LogP contribution in [0.25, 0.3) is 0 Å². The van der Waals surface area contributed by atoms with E-state index in [0.29, 0.717) is 11.1 Å². The van der Waals surface area contributed by atoms with Crippen molar-refractivity contribution in [3.05, 3.63) is 17.0 Å². The minimum absolute atomic E-state index is 0.0849. The Bertz CT molecular complexity index is 552. The number of nitrogens with zero attached hydrogens (tertiary/aromatic N) is 3. The predicted molar refractivity (Wildman–Crippen MR) is 90.4 cm³/mol. The van der Waals surface area contributed by atoms with Crippen LogP contribution < -0.4 is 5.32 Å². The number of carbonyl (C=O) groups excluding carboxylic acids is 1. The van der Waals surface area contributed by atoms with Gasteiger partial charge in [0, 0.05) is 56.9 Å². The second-order valence-electron chi connectivity index (χ2n) is 7.90. The molecular formula is C17H29N5O. The van der Waals surface area contributed by atoms with E-state index in [0.717, 1.165) is 63.5 Å². The van der Waals surface area contributed by atoms with Gasteiger partial charge in [-0.3, -0.25) is 14.8 Å². The van der Waals surface area contributed by atoms with Crippen molar-refractivity contribution in [3.8, 4) is 0 Å². The Morgan fingerprint density at radius 3 is 2.65 bits per heavy atom. The first-order chi connectivity index (χ1) is 10.9. The summed E-state index contributed by atoms with van der Waals surface area (Å²) in [6.45, 7) is 13.2. The highest BCUT2D eigenvalue weighted by molar-refractivity contribution is 5.94. The van der Waals surface area contributed by atoms with Gasteiger partial charge in [0.1, 0.15) is 0 Å². The standard InChI is InChI=1S/C17H29N5O/c1-17(2,3)5-7-21-8-10-22(11-9-21)16(23)15-13-12-18-6-4-14(13)19-20-15/h18H,4-12H2,1-3H3,(H,19,20). The van der Waals surface area contributed by atoms with Gasteiger partial charge in [-0.15, -0.1) is 0 Å². The van der Waals surface area contributed by atoms with Crippen LogP contribution in [0.5, 0.6) is 0 Å². The summed E-state index contributed by atoms with van der Waals surface area (Å²) in [7, 11) is 0. The van der Waals surface area contributed by atoms with Gasteiger partial charge in [-0.25, -0.2) is 0 Å². The van der Waals surface area contributed by atoms with E-state index in [-0.39, 0.29) is 5.91 Å². The average Bonchev–Trinajstić information content (AvgIpc) is 2.96. The SMILES string of the molecule is CC(C)(C)CCN1CCN(C(=O)c2n[nH]c3c2CNCC3)CC1. The number of rotatable bonds is 3. The van der Waals surface area contributed by atoms with Crippen molar-refractivity contribution in [2.75, 3.05) is 39.3 Å². The maximum atomic E-state index is 12.8. The number of H-pyrrole nitrogens is 1. The second kappa shape index (κ2) is 6.61. The summed E-state index contributed by atoms with van der Waals surface area (Å²) in [6.07, 6.45) is 2.12. The highest BCUT2D eigenvalue weighted by Gasteiger charge is 2.28. The molecule has 0 atom stereocenters. The number of hydrogen-bond donors (Lipinski definition) is 2. The van der Waals surface area contributed by atoms with Crippen molar-refractivity contribution in [2.24, 2.45) is 5.41 Å². The first-order valence-electron chi connectivity index (χ1n) is 8.72. The number of piperazine rings is 1. The number of amides is 1. The number of fused-ring (bicyclic) bond motifs is 1. The van der Waals surface area contributed by atoms with Crippen LogP contribution in [-0.4, -0.2) is 65.2 Å². The highest BCUT2D eigenvalue weighted by Crippen LogP contribution is 2.20. The van der Waals surface area contributed by atoms with E-state index in [2.05, 4.69) is 41.2 Å². The maximum absolute atomic E-state index is 12.8. The molecule has 2 aliphatic rings. The van der Waals surface area contributed by atoms with Gasteiger partial charge in [0.25, 0.3) is 5.91 Å². The van der Waals surface area contributed by atoms with Crippen molar-refractivity contribution < 1.29 is 4.79 Å². The Morgan fingerprint density at radius 1 is 1.22 bits per heavy atom. The number of hydrogen-bond acceptors (Lipinski definition) is 4. The molecule has 1 saturated heterocycles. The summed E-state index contributed by atoms with van der Waals surface area (Å²) in [5.41, 5.74) is 3.18. The van der Waals surface area contributed by atoms with Crippen molar-refractivity contribution in [3.63, 3.8) is 0 Å². The molecule has 2 aliphatic heterocycles. The number of carbonyl (C=O) groups is 1. The van der Waals surface area contributed by atoms with Crippen molar-refractivity contribution in [1.29, 1.82) is 0 Å². The molecule has 1 aromatic rings. The number of aromatic amines is 1. The Labute approximate surface area is 138 Å². The lowest BCUT2D eigenvalue weighted by Crippen LogP contribution is -2.49. The Hall–Kier alpha value is -1.40. The van der Waals surface area contributed by atoms with Gasteiger partial charge in [-0.1, -0.05) is 20.8 Å². The molecule has 0 spiro atoms. The van der Waals surface area contributed by atoms with E-state index in [4.69, 9.17) is 0 Å². The number of aromatic nitrogens is 2. The molecule has 2 N–H and O–H groups in total. The third-order valence-electron chi connectivity index (χ3n) is 4.85. The van der Waals surface area contributed by atoms with Gasteiger partial charge >= 0.3 is 0 Å². The molecule has 0 saturated carbocycles. The molecule has 3 heterocycles. The molecule has 23 heavy (non-hydrogen) atoms. The topological polar surface area (TPSA) is 64.3 Å². The molecule has 3 rings (SSSR count). The molecule has 0 aromatic carbocycles. The van der Waals surface area contributed by atoms with Crippen LogP contribution in [0.3, 0.4) is 0 Å². The molecule has 0 unspecified atom stereocenters. The van der Waals surface area contributed by atoms with Gasteiger partial charge in [-0.2, -0.15) is 5.10 Å². The van der Waals surface area contributed by atoms with E-state index >= 15 is 0 Å². The predicted octanol–water partition coefficient (Wildman–Crippen LogP) is 1.25. The molecule has 6 heteroatoms. The highest BCUT2D eigenvalue weighted by atomic mass is 16.2. The van der Waals surface area contributed by atoms with Crippen molar-refractivity contribution >= 4 is 5.91 Å². The van der Waals surface area contributed by atoms with E-state index in [1.807, 2.05) is 4.90 Å². The molecule has 1 fully saturated rings. The normalized spacial score (nSPS) is 19.7. The summed E-state index contributed by atoms with van der Waals surface area (Å²) >= 11 is 0. The van der Waals surface area contributed by atoms with E-state index in [1.165, 1.54) is 6.42 Å². The van der Waals surface area contributed by atoms with Crippen LogP contribution in [0.15, 0.2) is 0 Å². The van der Waals surface area contributed by atoms with E-state index < -0.39 is 0 Å². The quantitative estimate of drug-likeness (QED) is 0.880. The molecule has 1 amide bonds. The zero-order valence-electron chi connectivity index (χ0n) is 14.6. The van der Waals surface area contributed by atoms with Gasteiger partial charge in [0.15, 0.2) is 5.69 Å². The molecule has 0 bridgehead atoms. The first kappa shape index (κ1) is 16.5. The monoisotopic (exact) mass is 319 g/mol. The lowest BCUT2D eigenvalue weighted by atomic mass is 9.92. The molecule has 0 aliphatic carbocycles. The smallest absolute Gasteiger partial charge is 0.274 e. The Kier molecular flexibility index (Phi) is 4.73. The van der Waals surface area contributed by atoms with Crippen LogP contribution in [0.2, 0.25) is 0 Å². The van der Waals surface area contributed by atoms with Crippen molar-refractivity contribution in [2.45, 2.75) is 40.2 Å². The first-order valence-corrected chi connectivity index (χ1v) is 8.72. The van der Waals surface area contributed by atoms with E-state index in [9.17, 15) is 4.79 Å². The zero-order chi connectivity index (χ0) is 16.4. The largest absolute Gasteiger partial charge is 0.335 e. The van der Waals surface area contributed by atoms with Crippen LogP contribution in [0.4, 0.5) is 0 Å². The fraction of sp³-hybridized carbons (Fsp3) is 0.765. The summed E-state index contributed by atoms with van der Waals surface area (Å²) in [6, 6.07) is 0. The third-order valence-corrected chi connectivity index (χ3v) is 4.85.